The molecule has 0 saturated carbocycles. The molecule has 1 fully saturated rings. The average molecular weight is 255 g/mol. The maximum Gasteiger partial charge on any atom is 0.289 e. The van der Waals surface area contributed by atoms with Gasteiger partial charge in [-0.1, -0.05) is 18.2 Å². The van der Waals surface area contributed by atoms with Gasteiger partial charge in [0.2, 0.25) is 0 Å². The Hall–Kier alpha value is -1.26. The first kappa shape index (κ1) is 12.2. The molecule has 2 heterocycles. The summed E-state index contributed by atoms with van der Waals surface area (Å²) in [6, 6.07) is 3.41. The number of carbonyl (C=O) groups is 1. The Kier molecular flexibility index (Phi) is 3.86. The SMILES string of the molecule is C=C(Cl)CN1CCN(C(=O)c2ccco2)CC1. The van der Waals surface area contributed by atoms with Gasteiger partial charge >= 0.3 is 0 Å². The van der Waals surface area contributed by atoms with Gasteiger partial charge < -0.3 is 9.32 Å². The number of rotatable bonds is 3. The van der Waals surface area contributed by atoms with E-state index < -0.39 is 0 Å². The second kappa shape index (κ2) is 5.38. The molecule has 1 amide bonds. The molecular formula is C12H15ClN2O2. The molecular weight excluding hydrogens is 240 g/mol. The van der Waals surface area contributed by atoms with E-state index in [0.29, 0.717) is 30.4 Å². The smallest absolute Gasteiger partial charge is 0.289 e. The molecule has 0 atom stereocenters. The monoisotopic (exact) mass is 254 g/mol. The molecule has 0 aromatic carbocycles. The number of carbonyl (C=O) groups excluding carboxylic acids is 1. The van der Waals surface area contributed by atoms with Crippen LogP contribution in [0.25, 0.3) is 0 Å². The lowest BCUT2D eigenvalue weighted by Crippen LogP contribution is -2.48. The molecule has 92 valence electrons. The summed E-state index contributed by atoms with van der Waals surface area (Å²) in [5.74, 6) is 0.361. The largest absolute Gasteiger partial charge is 0.459 e. The minimum absolute atomic E-state index is 0.0423. The molecule has 0 aliphatic carbocycles. The van der Waals surface area contributed by atoms with Crippen LogP contribution in [0.5, 0.6) is 0 Å². The fourth-order valence-electron chi connectivity index (χ4n) is 1.91. The van der Waals surface area contributed by atoms with Crippen molar-refractivity contribution in [3.05, 3.63) is 35.8 Å². The minimum atomic E-state index is -0.0423. The fourth-order valence-corrected chi connectivity index (χ4v) is 2.08. The summed E-state index contributed by atoms with van der Waals surface area (Å²) in [4.78, 5) is 15.9. The van der Waals surface area contributed by atoms with Gasteiger partial charge in [0.25, 0.3) is 5.91 Å². The molecule has 0 radical (unpaired) electrons. The average Bonchev–Trinajstić information content (AvgIpc) is 2.82. The Morgan fingerprint density at radius 3 is 2.65 bits per heavy atom. The molecule has 0 N–H and O–H groups in total. The van der Waals surface area contributed by atoms with Crippen molar-refractivity contribution in [1.82, 2.24) is 9.80 Å². The van der Waals surface area contributed by atoms with Crippen LogP contribution in [0, 0.1) is 0 Å². The van der Waals surface area contributed by atoms with Gasteiger partial charge in [-0.05, 0) is 12.1 Å². The highest BCUT2D eigenvalue weighted by Crippen LogP contribution is 2.10. The van der Waals surface area contributed by atoms with Crippen molar-refractivity contribution in [2.24, 2.45) is 0 Å². The Balaban J connectivity index is 1.87. The van der Waals surface area contributed by atoms with Crippen LogP contribution in [0.1, 0.15) is 10.6 Å². The van der Waals surface area contributed by atoms with Crippen LogP contribution < -0.4 is 0 Å². The minimum Gasteiger partial charge on any atom is -0.459 e. The highest BCUT2D eigenvalue weighted by atomic mass is 35.5. The van der Waals surface area contributed by atoms with Crippen LogP contribution in [-0.4, -0.2) is 48.4 Å². The van der Waals surface area contributed by atoms with Crippen molar-refractivity contribution in [2.75, 3.05) is 32.7 Å². The van der Waals surface area contributed by atoms with Gasteiger partial charge in [0, 0.05) is 37.8 Å². The zero-order valence-electron chi connectivity index (χ0n) is 9.56. The molecule has 0 unspecified atom stereocenters. The second-order valence-corrected chi connectivity index (χ2v) is 4.60. The first-order valence-corrected chi connectivity index (χ1v) is 5.93. The predicted octanol–water partition coefficient (Wildman–Crippen LogP) is 1.79. The summed E-state index contributed by atoms with van der Waals surface area (Å²) in [5.41, 5.74) is 0. The Labute approximate surface area is 105 Å². The summed E-state index contributed by atoms with van der Waals surface area (Å²) in [6.07, 6.45) is 1.51. The summed E-state index contributed by atoms with van der Waals surface area (Å²) in [6.45, 7) is 7.39. The van der Waals surface area contributed by atoms with Crippen LogP contribution in [-0.2, 0) is 0 Å². The van der Waals surface area contributed by atoms with Crippen LogP contribution in [0.2, 0.25) is 0 Å². The van der Waals surface area contributed by atoms with Gasteiger partial charge in [-0.2, -0.15) is 0 Å². The van der Waals surface area contributed by atoms with Crippen molar-refractivity contribution < 1.29 is 9.21 Å². The van der Waals surface area contributed by atoms with E-state index in [4.69, 9.17) is 16.0 Å². The van der Waals surface area contributed by atoms with Gasteiger partial charge in [-0.15, -0.1) is 0 Å². The maximum absolute atomic E-state index is 12.0. The molecule has 2 rings (SSSR count). The molecule has 0 bridgehead atoms. The standard InChI is InChI=1S/C12H15ClN2O2/c1-10(13)9-14-4-6-15(7-5-14)12(16)11-3-2-8-17-11/h2-3,8H,1,4-7,9H2. The third-order valence-electron chi connectivity index (χ3n) is 2.79. The number of hydrogen-bond acceptors (Lipinski definition) is 3. The first-order valence-electron chi connectivity index (χ1n) is 5.55. The Morgan fingerprint density at radius 1 is 1.41 bits per heavy atom. The topological polar surface area (TPSA) is 36.7 Å². The molecule has 1 aliphatic heterocycles. The van der Waals surface area contributed by atoms with E-state index in [1.807, 2.05) is 0 Å². The van der Waals surface area contributed by atoms with Crippen molar-refractivity contribution in [2.45, 2.75) is 0 Å². The van der Waals surface area contributed by atoms with E-state index in [1.165, 1.54) is 6.26 Å². The Morgan fingerprint density at radius 2 is 2.12 bits per heavy atom. The molecule has 1 saturated heterocycles. The highest BCUT2D eigenvalue weighted by Gasteiger charge is 2.23. The van der Waals surface area contributed by atoms with Gasteiger partial charge in [-0.25, -0.2) is 0 Å². The van der Waals surface area contributed by atoms with E-state index in [2.05, 4.69) is 11.5 Å². The summed E-state index contributed by atoms with van der Waals surface area (Å²) in [7, 11) is 0. The van der Waals surface area contributed by atoms with Crippen LogP contribution >= 0.6 is 11.6 Å². The summed E-state index contributed by atoms with van der Waals surface area (Å²) < 4.78 is 5.10. The molecule has 1 aromatic rings. The van der Waals surface area contributed by atoms with Gasteiger partial charge in [-0.3, -0.25) is 9.69 Å². The van der Waals surface area contributed by atoms with Gasteiger partial charge in [0.05, 0.1) is 6.26 Å². The van der Waals surface area contributed by atoms with Gasteiger partial charge in [0.15, 0.2) is 5.76 Å². The molecule has 5 heteroatoms. The van der Waals surface area contributed by atoms with Crippen molar-refractivity contribution in [3.8, 4) is 0 Å². The molecule has 17 heavy (non-hydrogen) atoms. The lowest BCUT2D eigenvalue weighted by molar-refractivity contribution is 0.0618. The number of amides is 1. The summed E-state index contributed by atoms with van der Waals surface area (Å²) >= 11 is 5.76. The number of furan rings is 1. The van der Waals surface area contributed by atoms with Crippen molar-refractivity contribution in [1.29, 1.82) is 0 Å². The van der Waals surface area contributed by atoms with Crippen LogP contribution in [0.4, 0.5) is 0 Å². The predicted molar refractivity (Wildman–Crippen MR) is 66.0 cm³/mol. The van der Waals surface area contributed by atoms with Gasteiger partial charge in [0.1, 0.15) is 0 Å². The molecule has 0 spiro atoms. The maximum atomic E-state index is 12.0. The van der Waals surface area contributed by atoms with E-state index in [-0.39, 0.29) is 5.91 Å². The zero-order valence-corrected chi connectivity index (χ0v) is 10.3. The number of halogens is 1. The fraction of sp³-hybridized carbons (Fsp3) is 0.417. The zero-order chi connectivity index (χ0) is 12.3. The first-order chi connectivity index (χ1) is 8.16. The van der Waals surface area contributed by atoms with E-state index in [1.54, 1.807) is 17.0 Å². The number of piperazine rings is 1. The molecule has 1 aliphatic rings. The second-order valence-electron chi connectivity index (χ2n) is 4.06. The third kappa shape index (κ3) is 3.11. The lowest BCUT2D eigenvalue weighted by atomic mass is 10.3. The number of hydrogen-bond donors (Lipinski definition) is 0. The van der Waals surface area contributed by atoms with Crippen molar-refractivity contribution >= 4 is 17.5 Å². The molecule has 4 nitrogen and oxygen atoms in total. The van der Waals surface area contributed by atoms with E-state index >= 15 is 0 Å². The van der Waals surface area contributed by atoms with Crippen molar-refractivity contribution in [3.63, 3.8) is 0 Å². The van der Waals surface area contributed by atoms with Crippen LogP contribution in [0.3, 0.4) is 0 Å². The van der Waals surface area contributed by atoms with E-state index in [0.717, 1.165) is 13.1 Å². The van der Waals surface area contributed by atoms with Crippen LogP contribution in [0.15, 0.2) is 34.4 Å². The lowest BCUT2D eigenvalue weighted by Gasteiger charge is -2.34. The highest BCUT2D eigenvalue weighted by molar-refractivity contribution is 6.29. The normalized spacial score (nSPS) is 17.1. The van der Waals surface area contributed by atoms with E-state index in [9.17, 15) is 4.79 Å². The molecule has 1 aromatic heterocycles. The number of nitrogens with zero attached hydrogens (tertiary/aromatic N) is 2. The summed E-state index contributed by atoms with van der Waals surface area (Å²) in [5, 5.41) is 0.635. The Bertz CT molecular complexity index is 395. The quantitative estimate of drug-likeness (QED) is 0.825. The third-order valence-corrected chi connectivity index (χ3v) is 2.91.